The van der Waals surface area contributed by atoms with Crippen LogP contribution in [0.2, 0.25) is 0 Å². The van der Waals surface area contributed by atoms with E-state index in [1.54, 1.807) is 42.5 Å². The third-order valence-electron chi connectivity index (χ3n) is 9.25. The van der Waals surface area contributed by atoms with Crippen molar-refractivity contribution in [3.05, 3.63) is 65.7 Å². The first-order valence-electron chi connectivity index (χ1n) is 18.8. The van der Waals surface area contributed by atoms with Gasteiger partial charge in [0.2, 0.25) is 41.4 Å². The first-order valence-corrected chi connectivity index (χ1v) is 21.3. The van der Waals surface area contributed by atoms with Crippen LogP contribution >= 0.6 is 21.6 Å². The first-order chi connectivity index (χ1) is 29.1. The van der Waals surface area contributed by atoms with Gasteiger partial charge in [0.25, 0.3) is 0 Å². The Morgan fingerprint density at radius 3 is 2.25 bits per heavy atom. The van der Waals surface area contributed by atoms with Crippen LogP contribution in [0.4, 0.5) is 0 Å². The van der Waals surface area contributed by atoms with E-state index in [9.17, 15) is 59.1 Å². The van der Waals surface area contributed by atoms with Crippen molar-refractivity contribution >= 4 is 62.9 Å². The standard InChI is InChI=1S/C37H50N8O14S2/c38-21(10-19-6-8-20(47)9-7-19)32(53)44-24-16-60-61-17-25(45-35(56)22(11-18-4-2-1-3-5-18)42-28(49)13-41-34(24)55)36(57)43-23(33(54)40-12-27(39)48)15-58-37-31(52)30(51)29(50)26(14-46)59-37/h1-9,21-26,29-31,37,46-47,50-52H,10-17,38H2,(H2,39,48)(H,40,54)(H,41,55)(H,42,49)(H,43,57)(H,44,53)(H,45,56)/t21-,22-,23-,24?,25+,26+,29+,30-,31-,37-/m0/s1. The zero-order valence-corrected chi connectivity index (χ0v) is 34.1. The summed E-state index contributed by atoms with van der Waals surface area (Å²) in [6.07, 6.45) is -8.46. The molecule has 0 aliphatic carbocycles. The molecular formula is C37H50N8O14S2. The molecule has 2 aromatic rings. The average Bonchev–Trinajstić information content (AvgIpc) is 3.24. The second kappa shape index (κ2) is 23.8. The molecule has 61 heavy (non-hydrogen) atoms. The minimum Gasteiger partial charge on any atom is -0.508 e. The van der Waals surface area contributed by atoms with Gasteiger partial charge >= 0.3 is 0 Å². The number of carbonyl (C=O) groups excluding carboxylic acids is 7. The number of aromatic hydroxyl groups is 1. The zero-order valence-electron chi connectivity index (χ0n) is 32.5. The number of ether oxygens (including phenoxy) is 2. The van der Waals surface area contributed by atoms with Crippen LogP contribution in [-0.2, 0) is 55.9 Å². The molecule has 2 aromatic carbocycles. The molecule has 2 fully saturated rings. The molecule has 0 saturated carbocycles. The number of hydrogen-bond donors (Lipinski definition) is 13. The van der Waals surface area contributed by atoms with Gasteiger partial charge in [-0.05, 0) is 29.7 Å². The molecule has 0 spiro atoms. The number of amides is 7. The quantitative estimate of drug-likeness (QED) is 0.0741. The maximum absolute atomic E-state index is 14.0. The van der Waals surface area contributed by atoms with Gasteiger partial charge in [-0.25, -0.2) is 0 Å². The number of phenolic OH excluding ortho intramolecular Hbond substituents is 1. The second-order valence-corrected chi connectivity index (χ2v) is 16.5. The van der Waals surface area contributed by atoms with E-state index in [0.717, 1.165) is 21.6 Å². The highest BCUT2D eigenvalue weighted by atomic mass is 33.1. The van der Waals surface area contributed by atoms with Gasteiger partial charge in [-0.3, -0.25) is 33.6 Å². The van der Waals surface area contributed by atoms with E-state index in [1.165, 1.54) is 12.1 Å². The van der Waals surface area contributed by atoms with E-state index < -0.39 is 129 Å². The normalized spacial score (nSPS) is 26.2. The predicted octanol–water partition coefficient (Wildman–Crippen LogP) is -5.63. The van der Waals surface area contributed by atoms with Crippen molar-refractivity contribution in [1.82, 2.24) is 31.9 Å². The molecule has 2 saturated heterocycles. The summed E-state index contributed by atoms with van der Waals surface area (Å²) in [6.45, 7) is -2.81. The van der Waals surface area contributed by atoms with Crippen molar-refractivity contribution in [3.63, 3.8) is 0 Å². The summed E-state index contributed by atoms with van der Waals surface area (Å²) >= 11 is 0. The highest BCUT2D eigenvalue weighted by molar-refractivity contribution is 8.76. The van der Waals surface area contributed by atoms with Crippen molar-refractivity contribution in [2.45, 2.75) is 73.8 Å². The van der Waals surface area contributed by atoms with Crippen LogP contribution in [0.3, 0.4) is 0 Å². The molecule has 2 aliphatic heterocycles. The van der Waals surface area contributed by atoms with Gasteiger partial charge in [-0.2, -0.15) is 0 Å². The Morgan fingerprint density at radius 2 is 1.57 bits per heavy atom. The van der Waals surface area contributed by atoms with Gasteiger partial charge in [-0.15, -0.1) is 0 Å². The fourth-order valence-electron chi connectivity index (χ4n) is 5.87. The van der Waals surface area contributed by atoms with Gasteiger partial charge in [-0.1, -0.05) is 64.1 Å². The Labute approximate surface area is 357 Å². The third kappa shape index (κ3) is 15.1. The first kappa shape index (κ1) is 48.6. The van der Waals surface area contributed by atoms with Crippen LogP contribution in [0.5, 0.6) is 5.75 Å². The molecule has 2 aliphatic rings. The maximum Gasteiger partial charge on any atom is 0.245 e. The molecule has 2 heterocycles. The van der Waals surface area contributed by atoms with Gasteiger partial charge in [0.1, 0.15) is 54.3 Å². The molecule has 24 heteroatoms. The number of aliphatic hydroxyl groups excluding tert-OH is 4. The summed E-state index contributed by atoms with van der Waals surface area (Å²) in [5, 5.41) is 64.7. The molecule has 4 rings (SSSR count). The highest BCUT2D eigenvalue weighted by Crippen LogP contribution is 2.25. The zero-order chi connectivity index (χ0) is 44.6. The van der Waals surface area contributed by atoms with Crippen LogP contribution in [0.15, 0.2) is 54.6 Å². The number of nitrogens with two attached hydrogens (primary N) is 2. The highest BCUT2D eigenvalue weighted by Gasteiger charge is 2.44. The average molecular weight is 895 g/mol. The number of hydrogen-bond acceptors (Lipinski definition) is 17. The maximum atomic E-state index is 14.0. The van der Waals surface area contributed by atoms with Crippen molar-refractivity contribution < 1.29 is 68.6 Å². The van der Waals surface area contributed by atoms with Crippen molar-refractivity contribution in [3.8, 4) is 5.75 Å². The van der Waals surface area contributed by atoms with E-state index in [0.29, 0.717) is 11.1 Å². The van der Waals surface area contributed by atoms with Gasteiger partial charge in [0, 0.05) is 17.9 Å². The number of rotatable bonds is 15. The van der Waals surface area contributed by atoms with E-state index in [2.05, 4.69) is 31.9 Å². The molecule has 334 valence electrons. The lowest BCUT2D eigenvalue weighted by molar-refractivity contribution is -0.301. The fraction of sp³-hybridized carbons (Fsp3) is 0.486. The molecule has 15 N–H and O–H groups in total. The lowest BCUT2D eigenvalue weighted by Crippen LogP contribution is -2.61. The predicted molar refractivity (Wildman–Crippen MR) is 218 cm³/mol. The lowest BCUT2D eigenvalue weighted by Gasteiger charge is -2.40. The van der Waals surface area contributed by atoms with Crippen LogP contribution < -0.4 is 43.4 Å². The molecule has 7 amide bonds. The van der Waals surface area contributed by atoms with Crippen LogP contribution in [-0.4, -0.2) is 166 Å². The summed E-state index contributed by atoms with van der Waals surface area (Å²) in [6, 6.07) is 7.85. The summed E-state index contributed by atoms with van der Waals surface area (Å²) < 4.78 is 10.8. The Balaban J connectivity index is 1.55. The van der Waals surface area contributed by atoms with Crippen molar-refractivity contribution in [2.24, 2.45) is 11.5 Å². The van der Waals surface area contributed by atoms with Gasteiger partial charge in [0.05, 0.1) is 32.3 Å². The number of phenols is 1. The number of carbonyl (C=O) groups is 7. The number of benzene rings is 2. The Morgan fingerprint density at radius 1 is 0.885 bits per heavy atom. The Hall–Kier alpha value is -5.05. The topological polar surface area (TPSA) is 363 Å². The fourth-order valence-corrected chi connectivity index (χ4v) is 8.20. The summed E-state index contributed by atoms with van der Waals surface area (Å²) in [7, 11) is 2.03. The van der Waals surface area contributed by atoms with E-state index >= 15 is 0 Å². The third-order valence-corrected chi connectivity index (χ3v) is 11.7. The number of aliphatic hydroxyl groups is 4. The minimum atomic E-state index is -1.86. The SMILES string of the molecule is NC(=O)CNC(=O)[C@H](CO[C@H]1O[C@H](CO)[C@@H](O)[C@H](O)[C@@H]1O)NC(=O)[C@H]1CSSCC(NC(=O)[C@@H](N)Cc2ccc(O)cc2)C(=O)NCC(=O)N[C@@H](Cc2ccccc2)C(=O)N1. The molecule has 1 unspecified atom stereocenters. The van der Waals surface area contributed by atoms with E-state index in [-0.39, 0.29) is 30.1 Å². The monoisotopic (exact) mass is 894 g/mol. The van der Waals surface area contributed by atoms with Crippen molar-refractivity contribution in [2.75, 3.05) is 37.8 Å². The largest absolute Gasteiger partial charge is 0.508 e. The molecule has 10 atom stereocenters. The molecule has 22 nitrogen and oxygen atoms in total. The molecular weight excluding hydrogens is 845 g/mol. The number of nitrogens with one attached hydrogen (secondary N) is 6. The Bertz CT molecular complexity index is 1830. The Kier molecular flexibility index (Phi) is 19.0. The summed E-state index contributed by atoms with van der Waals surface area (Å²) in [5.74, 6) is -6.26. The summed E-state index contributed by atoms with van der Waals surface area (Å²) in [4.78, 5) is 92.2. The smallest absolute Gasteiger partial charge is 0.245 e. The van der Waals surface area contributed by atoms with Crippen LogP contribution in [0, 0.1) is 0 Å². The lowest BCUT2D eigenvalue weighted by atomic mass is 9.99. The van der Waals surface area contributed by atoms with Gasteiger partial charge in [0.15, 0.2) is 6.29 Å². The molecule has 0 bridgehead atoms. The van der Waals surface area contributed by atoms with Crippen LogP contribution in [0.25, 0.3) is 0 Å². The van der Waals surface area contributed by atoms with E-state index in [4.69, 9.17) is 20.9 Å². The number of primary amides is 1. The van der Waals surface area contributed by atoms with Crippen molar-refractivity contribution in [1.29, 1.82) is 0 Å². The van der Waals surface area contributed by atoms with Crippen LogP contribution in [0.1, 0.15) is 11.1 Å². The van der Waals surface area contributed by atoms with E-state index in [1.807, 2.05) is 0 Å². The second-order valence-electron chi connectivity index (χ2n) is 14.0. The van der Waals surface area contributed by atoms with Gasteiger partial charge < -0.3 is 78.4 Å². The molecule has 0 aromatic heterocycles. The molecule has 0 radical (unpaired) electrons. The minimum absolute atomic E-state index is 0.0220. The summed E-state index contributed by atoms with van der Waals surface area (Å²) in [5.41, 5.74) is 12.6.